The zero-order chi connectivity index (χ0) is 21.9. The summed E-state index contributed by atoms with van der Waals surface area (Å²) in [5.74, 6) is -0.0528. The topological polar surface area (TPSA) is 37.3 Å². The van der Waals surface area contributed by atoms with E-state index in [1.165, 1.54) is 0 Å². The first kappa shape index (κ1) is 22.2. The molecule has 0 amide bonds. The summed E-state index contributed by atoms with van der Waals surface area (Å²) >= 11 is 3.46. The molecule has 1 aliphatic rings. The molecule has 3 aromatic carbocycles. The molecule has 0 bridgehead atoms. The molecule has 0 aromatic heterocycles. The predicted octanol–water partition coefficient (Wildman–Crippen LogP) is 6.88. The van der Waals surface area contributed by atoms with Gasteiger partial charge in [-0.3, -0.25) is 4.79 Å². The monoisotopic (exact) mass is 462 g/mol. The van der Waals surface area contributed by atoms with E-state index >= 15 is 0 Å². The summed E-state index contributed by atoms with van der Waals surface area (Å²) < 4.78 is 0.926. The highest BCUT2D eigenvalue weighted by Gasteiger charge is 2.59. The fourth-order valence-corrected chi connectivity index (χ4v) is 4.38. The number of benzene rings is 3. The number of rotatable bonds is 3. The van der Waals surface area contributed by atoms with E-state index in [-0.39, 0.29) is 5.78 Å². The van der Waals surface area contributed by atoms with Crippen molar-refractivity contribution in [3.8, 4) is 0 Å². The number of carbonyl (C=O) groups is 1. The van der Waals surface area contributed by atoms with Crippen molar-refractivity contribution in [2.45, 2.75) is 33.3 Å². The number of Topliss-reactive ketones (excluding diaryl/α,β-unsaturated/α-hetero) is 1. The molecule has 0 heterocycles. The van der Waals surface area contributed by atoms with Crippen molar-refractivity contribution in [1.29, 1.82) is 0 Å². The van der Waals surface area contributed by atoms with E-state index in [1.54, 1.807) is 0 Å². The Hall–Kier alpha value is -2.49. The minimum atomic E-state index is -1.45. The second-order valence-corrected chi connectivity index (χ2v) is 8.57. The Bertz CT molecular complexity index is 1050. The molecular weight excluding hydrogens is 436 g/mol. The van der Waals surface area contributed by atoms with Crippen molar-refractivity contribution in [1.82, 2.24) is 0 Å². The summed E-state index contributed by atoms with van der Waals surface area (Å²) in [5, 5.41) is 12.2. The van der Waals surface area contributed by atoms with Crippen molar-refractivity contribution in [2.75, 3.05) is 0 Å². The maximum absolute atomic E-state index is 13.6. The van der Waals surface area contributed by atoms with E-state index in [0.717, 1.165) is 15.6 Å². The number of ketones is 1. The van der Waals surface area contributed by atoms with E-state index in [0.29, 0.717) is 16.7 Å². The number of carbonyl (C=O) groups excluding carboxylic acids is 1. The molecule has 154 valence electrons. The molecular formula is C27H27BrO2. The maximum Gasteiger partial charge on any atom is 0.173 e. The predicted molar refractivity (Wildman–Crippen MR) is 128 cm³/mol. The number of hydrogen-bond acceptors (Lipinski definition) is 2. The lowest BCUT2D eigenvalue weighted by atomic mass is 9.69. The van der Waals surface area contributed by atoms with E-state index in [4.69, 9.17) is 0 Å². The first-order valence-electron chi connectivity index (χ1n) is 10.3. The molecule has 0 fully saturated rings. The van der Waals surface area contributed by atoms with Crippen molar-refractivity contribution in [3.05, 3.63) is 106 Å². The summed E-state index contributed by atoms with van der Waals surface area (Å²) in [5.41, 5.74) is 1.17. The highest BCUT2D eigenvalue weighted by Crippen LogP contribution is 2.59. The third-order valence-corrected chi connectivity index (χ3v) is 6.23. The van der Waals surface area contributed by atoms with E-state index in [9.17, 15) is 9.90 Å². The molecule has 1 N–H and O–H groups in total. The Morgan fingerprint density at radius 2 is 1.20 bits per heavy atom. The largest absolute Gasteiger partial charge is 0.379 e. The molecule has 0 saturated carbocycles. The first-order valence-corrected chi connectivity index (χ1v) is 11.1. The summed E-state index contributed by atoms with van der Waals surface area (Å²) in [7, 11) is 0. The molecule has 0 saturated heterocycles. The zero-order valence-corrected chi connectivity index (χ0v) is 19.4. The molecule has 30 heavy (non-hydrogen) atoms. The van der Waals surface area contributed by atoms with Gasteiger partial charge in [0.1, 0.15) is 5.60 Å². The molecule has 4 rings (SSSR count). The van der Waals surface area contributed by atoms with Gasteiger partial charge in [0.05, 0.1) is 5.41 Å². The van der Waals surface area contributed by atoms with Crippen LogP contribution in [0.4, 0.5) is 0 Å². The Kier molecular flexibility index (Phi) is 6.44. The summed E-state index contributed by atoms with van der Waals surface area (Å²) in [6, 6.07) is 26.9. The lowest BCUT2D eigenvalue weighted by molar-refractivity contribution is -0.129. The van der Waals surface area contributed by atoms with E-state index in [2.05, 4.69) is 15.9 Å². The van der Waals surface area contributed by atoms with Gasteiger partial charge in [0.2, 0.25) is 0 Å². The molecule has 2 nitrogen and oxygen atoms in total. The second-order valence-electron chi connectivity index (χ2n) is 7.65. The highest BCUT2D eigenvalue weighted by atomic mass is 79.9. The summed E-state index contributed by atoms with van der Waals surface area (Å²) in [4.78, 5) is 13.6. The van der Waals surface area contributed by atoms with Crippen LogP contribution in [0.25, 0.3) is 11.1 Å². The average molecular weight is 463 g/mol. The fourth-order valence-electron chi connectivity index (χ4n) is 4.12. The Balaban J connectivity index is 0.00000124. The highest BCUT2D eigenvalue weighted by molar-refractivity contribution is 9.10. The lowest BCUT2D eigenvalue weighted by Gasteiger charge is -2.38. The molecule has 3 aromatic rings. The van der Waals surface area contributed by atoms with Gasteiger partial charge in [0.15, 0.2) is 5.78 Å². The standard InChI is InChI=1S/C25H21BrO2.C2H6/c1-24(2)23(27)21(17-9-5-3-6-10-17)22(18-11-7-4-8-12-18)25(24,28)19-13-15-20(26)16-14-19;1-2/h3-16,28H,1-2H3;1-2H3. The van der Waals surface area contributed by atoms with Crippen LogP contribution in [0.3, 0.4) is 0 Å². The molecule has 0 spiro atoms. The molecule has 1 unspecified atom stereocenters. The van der Waals surface area contributed by atoms with Crippen LogP contribution in [0.1, 0.15) is 44.4 Å². The van der Waals surface area contributed by atoms with Crippen molar-refractivity contribution in [3.63, 3.8) is 0 Å². The minimum Gasteiger partial charge on any atom is -0.379 e. The van der Waals surface area contributed by atoms with Gasteiger partial charge in [-0.25, -0.2) is 0 Å². The Morgan fingerprint density at radius 1 is 0.733 bits per heavy atom. The SMILES string of the molecule is CC.CC1(C)C(=O)C(c2ccccc2)=C(c2ccccc2)C1(O)c1ccc(Br)cc1. The van der Waals surface area contributed by atoms with Gasteiger partial charge in [0, 0.05) is 15.6 Å². The molecule has 0 radical (unpaired) electrons. The number of hydrogen-bond donors (Lipinski definition) is 1. The van der Waals surface area contributed by atoms with Gasteiger partial charge in [-0.1, -0.05) is 103 Å². The molecule has 1 aliphatic carbocycles. The van der Waals surface area contributed by atoms with Crippen LogP contribution < -0.4 is 0 Å². The van der Waals surface area contributed by atoms with Crippen molar-refractivity contribution in [2.24, 2.45) is 5.41 Å². The quantitative estimate of drug-likeness (QED) is 0.460. The van der Waals surface area contributed by atoms with Gasteiger partial charge in [-0.05, 0) is 42.7 Å². The van der Waals surface area contributed by atoms with Crippen LogP contribution in [0, 0.1) is 5.41 Å². The van der Waals surface area contributed by atoms with Gasteiger partial charge < -0.3 is 5.11 Å². The molecule has 1 atom stereocenters. The minimum absolute atomic E-state index is 0.0528. The summed E-state index contributed by atoms with van der Waals surface area (Å²) in [6.07, 6.45) is 0. The normalized spacial score (nSPS) is 20.0. The van der Waals surface area contributed by atoms with Gasteiger partial charge in [-0.2, -0.15) is 0 Å². The Labute approximate surface area is 187 Å². The summed E-state index contributed by atoms with van der Waals surface area (Å²) in [6.45, 7) is 7.66. The van der Waals surface area contributed by atoms with Gasteiger partial charge >= 0.3 is 0 Å². The van der Waals surface area contributed by atoms with Crippen LogP contribution in [-0.4, -0.2) is 10.9 Å². The van der Waals surface area contributed by atoms with Crippen LogP contribution in [0.15, 0.2) is 89.4 Å². The van der Waals surface area contributed by atoms with E-state index < -0.39 is 11.0 Å². The Morgan fingerprint density at radius 3 is 1.70 bits per heavy atom. The smallest absolute Gasteiger partial charge is 0.173 e. The van der Waals surface area contributed by atoms with Crippen molar-refractivity contribution >= 4 is 32.9 Å². The maximum atomic E-state index is 13.6. The third kappa shape index (κ3) is 3.46. The zero-order valence-electron chi connectivity index (χ0n) is 17.8. The average Bonchev–Trinajstić information content (AvgIpc) is 2.95. The van der Waals surface area contributed by atoms with Crippen LogP contribution >= 0.6 is 15.9 Å². The first-order chi connectivity index (χ1) is 14.4. The molecule has 0 aliphatic heterocycles. The van der Waals surface area contributed by atoms with Gasteiger partial charge in [0.25, 0.3) is 0 Å². The van der Waals surface area contributed by atoms with Gasteiger partial charge in [-0.15, -0.1) is 0 Å². The van der Waals surface area contributed by atoms with Crippen molar-refractivity contribution < 1.29 is 9.90 Å². The number of halogens is 1. The lowest BCUT2D eigenvalue weighted by Crippen LogP contribution is -2.43. The van der Waals surface area contributed by atoms with Crippen LogP contribution in [-0.2, 0) is 10.4 Å². The van der Waals surface area contributed by atoms with Crippen LogP contribution in [0.2, 0.25) is 0 Å². The fraction of sp³-hybridized carbons (Fsp3) is 0.222. The third-order valence-electron chi connectivity index (χ3n) is 5.70. The number of aliphatic hydroxyl groups is 1. The second kappa shape index (κ2) is 8.71. The van der Waals surface area contributed by atoms with Crippen LogP contribution in [0.5, 0.6) is 0 Å². The molecule has 3 heteroatoms. The number of allylic oxidation sites excluding steroid dienone is 1. The van der Waals surface area contributed by atoms with E-state index in [1.807, 2.05) is 113 Å².